The average Bonchev–Trinajstić information content (AvgIpc) is 2.54. The van der Waals surface area contributed by atoms with Crippen LogP contribution in [0.15, 0.2) is 23.0 Å². The summed E-state index contributed by atoms with van der Waals surface area (Å²) in [5, 5.41) is 2.29. The van der Waals surface area contributed by atoms with Crippen LogP contribution in [0.3, 0.4) is 0 Å². The van der Waals surface area contributed by atoms with Gasteiger partial charge in [0.2, 0.25) is 11.8 Å². The Bertz CT molecular complexity index is 641. The fourth-order valence-electron chi connectivity index (χ4n) is 3.62. The monoisotopic (exact) mass is 336 g/mol. The van der Waals surface area contributed by atoms with Gasteiger partial charge < -0.3 is 9.64 Å². The number of nitrogens with zero attached hydrogens (tertiary/aromatic N) is 1. The predicted octanol–water partition coefficient (Wildman–Crippen LogP) is 1.37. The number of halogens is 1. The number of hydrogen-bond donors (Lipinski definition) is 1. The fraction of sp³-hybridized carbons (Fsp3) is 0.588. The number of ether oxygens (including phenoxy) is 1. The lowest BCUT2D eigenvalue weighted by Crippen LogP contribution is -2.55. The van der Waals surface area contributed by atoms with Crippen LogP contribution in [0.4, 0.5) is 4.39 Å². The van der Waals surface area contributed by atoms with Gasteiger partial charge in [-0.1, -0.05) is 6.08 Å². The van der Waals surface area contributed by atoms with Gasteiger partial charge in [0.25, 0.3) is 5.91 Å². The lowest BCUT2D eigenvalue weighted by atomic mass is 9.88. The number of hydrogen-bond acceptors (Lipinski definition) is 4. The van der Waals surface area contributed by atoms with Crippen LogP contribution in [0.1, 0.15) is 38.5 Å². The van der Waals surface area contributed by atoms with Gasteiger partial charge in [-0.15, -0.1) is 0 Å². The first-order valence-corrected chi connectivity index (χ1v) is 8.29. The van der Waals surface area contributed by atoms with Crippen LogP contribution in [-0.2, 0) is 19.1 Å². The number of likely N-dealkylation sites (tertiary alicyclic amines) is 1. The quantitative estimate of drug-likeness (QED) is 0.773. The van der Waals surface area contributed by atoms with Crippen LogP contribution in [0.2, 0.25) is 0 Å². The molecule has 0 spiro atoms. The molecule has 0 aromatic rings. The first-order valence-electron chi connectivity index (χ1n) is 8.29. The molecular formula is C17H21FN2O4. The topological polar surface area (TPSA) is 75.7 Å². The number of amides is 3. The molecule has 0 bridgehead atoms. The minimum Gasteiger partial charge on any atom is -0.498 e. The smallest absolute Gasteiger partial charge is 0.254 e. The second kappa shape index (κ2) is 6.75. The lowest BCUT2D eigenvalue weighted by molar-refractivity contribution is -0.144. The van der Waals surface area contributed by atoms with E-state index in [1.54, 1.807) is 6.08 Å². The Hall–Kier alpha value is -2.18. The molecule has 3 amide bonds. The number of imide groups is 1. The highest BCUT2D eigenvalue weighted by atomic mass is 19.1. The highest BCUT2D eigenvalue weighted by molar-refractivity contribution is 6.05. The third kappa shape index (κ3) is 2.95. The number of rotatable bonds is 2. The number of carbonyl (C=O) groups is 3. The molecule has 0 aromatic carbocycles. The molecule has 2 atom stereocenters. The molecule has 2 unspecified atom stereocenters. The normalized spacial score (nSPS) is 28.7. The summed E-state index contributed by atoms with van der Waals surface area (Å²) in [6.45, 7) is 0.455. The zero-order valence-electron chi connectivity index (χ0n) is 13.6. The van der Waals surface area contributed by atoms with Crippen molar-refractivity contribution in [3.63, 3.8) is 0 Å². The van der Waals surface area contributed by atoms with Gasteiger partial charge in [0, 0.05) is 30.5 Å². The molecule has 2 heterocycles. The van der Waals surface area contributed by atoms with E-state index in [2.05, 4.69) is 5.32 Å². The van der Waals surface area contributed by atoms with Crippen molar-refractivity contribution in [2.75, 3.05) is 13.7 Å². The summed E-state index contributed by atoms with van der Waals surface area (Å²) < 4.78 is 19.3. The fourth-order valence-corrected chi connectivity index (χ4v) is 3.62. The maximum Gasteiger partial charge on any atom is 0.254 e. The van der Waals surface area contributed by atoms with Crippen molar-refractivity contribution in [3.05, 3.63) is 23.0 Å². The molecule has 0 saturated carbocycles. The number of carbonyl (C=O) groups excluding carboxylic acids is 3. The van der Waals surface area contributed by atoms with Crippen LogP contribution in [0.25, 0.3) is 0 Å². The average molecular weight is 336 g/mol. The third-order valence-corrected chi connectivity index (χ3v) is 4.81. The molecule has 2 aliphatic heterocycles. The molecule has 3 aliphatic rings. The first kappa shape index (κ1) is 16.7. The molecular weight excluding hydrogens is 315 g/mol. The Kier molecular flexibility index (Phi) is 4.69. The minimum absolute atomic E-state index is 0.0942. The third-order valence-electron chi connectivity index (χ3n) is 4.81. The van der Waals surface area contributed by atoms with Crippen LogP contribution in [0, 0.1) is 0 Å². The van der Waals surface area contributed by atoms with Gasteiger partial charge in [-0.05, 0) is 25.7 Å². The summed E-state index contributed by atoms with van der Waals surface area (Å²) in [6, 6.07) is -0.649. The molecule has 0 radical (unpaired) electrons. The number of allylic oxidation sites excluding steroid dienone is 2. The minimum atomic E-state index is -1.23. The molecule has 2 fully saturated rings. The Morgan fingerprint density at radius 3 is 2.75 bits per heavy atom. The number of nitrogens with one attached hydrogen (secondary N) is 1. The van der Waals surface area contributed by atoms with Crippen LogP contribution in [-0.4, -0.2) is 48.5 Å². The van der Waals surface area contributed by atoms with Gasteiger partial charge in [-0.2, -0.15) is 0 Å². The standard InChI is InChI=1S/C17H21FN2O4/c1-24-15-10-4-2-3-9-20(13-7-8-14(21)19-16(13)22)17(23)11(10)5-6-12(15)18/h5,12-13H,2-4,6-9H2,1H3,(H,19,21,22). The van der Waals surface area contributed by atoms with E-state index in [-0.39, 0.29) is 30.4 Å². The number of piperidine rings is 1. The van der Waals surface area contributed by atoms with E-state index < -0.39 is 18.1 Å². The summed E-state index contributed by atoms with van der Waals surface area (Å²) >= 11 is 0. The van der Waals surface area contributed by atoms with Crippen molar-refractivity contribution >= 4 is 17.7 Å². The maximum atomic E-state index is 14.1. The van der Waals surface area contributed by atoms with E-state index >= 15 is 0 Å². The van der Waals surface area contributed by atoms with Crippen LogP contribution in [0.5, 0.6) is 0 Å². The van der Waals surface area contributed by atoms with Gasteiger partial charge in [0.15, 0.2) is 6.17 Å². The van der Waals surface area contributed by atoms with Crippen LogP contribution < -0.4 is 5.32 Å². The van der Waals surface area contributed by atoms with E-state index in [1.807, 2.05) is 0 Å². The Labute approximate surface area is 139 Å². The zero-order valence-corrected chi connectivity index (χ0v) is 13.6. The Balaban J connectivity index is 1.91. The molecule has 1 N–H and O–H groups in total. The van der Waals surface area contributed by atoms with Gasteiger partial charge >= 0.3 is 0 Å². The van der Waals surface area contributed by atoms with E-state index in [0.29, 0.717) is 37.0 Å². The molecule has 1 aliphatic carbocycles. The van der Waals surface area contributed by atoms with Gasteiger partial charge in [0.1, 0.15) is 11.8 Å². The zero-order chi connectivity index (χ0) is 17.3. The van der Waals surface area contributed by atoms with Crippen molar-refractivity contribution in [2.45, 2.75) is 50.7 Å². The van der Waals surface area contributed by atoms with Crippen molar-refractivity contribution < 1.29 is 23.5 Å². The van der Waals surface area contributed by atoms with E-state index in [0.717, 1.165) is 6.42 Å². The number of alkyl halides is 1. The SMILES string of the molecule is COC1=C2CCCCN(C3CCC(=O)NC3=O)C(=O)C2=CCC1F. The summed E-state index contributed by atoms with van der Waals surface area (Å²) in [5.41, 5.74) is 1.04. The van der Waals surface area contributed by atoms with E-state index in [4.69, 9.17) is 4.74 Å². The van der Waals surface area contributed by atoms with Crippen LogP contribution >= 0.6 is 0 Å². The summed E-state index contributed by atoms with van der Waals surface area (Å²) in [5.74, 6) is -0.792. The van der Waals surface area contributed by atoms with Crippen molar-refractivity contribution in [1.82, 2.24) is 10.2 Å². The highest BCUT2D eigenvalue weighted by Gasteiger charge is 2.38. The van der Waals surface area contributed by atoms with E-state index in [1.165, 1.54) is 12.0 Å². The molecule has 0 aromatic heterocycles. The Morgan fingerprint density at radius 1 is 1.25 bits per heavy atom. The Morgan fingerprint density at radius 2 is 2.04 bits per heavy atom. The summed E-state index contributed by atoms with van der Waals surface area (Å²) in [7, 11) is 1.42. The van der Waals surface area contributed by atoms with Crippen molar-refractivity contribution in [3.8, 4) is 0 Å². The largest absolute Gasteiger partial charge is 0.498 e. The molecule has 7 heteroatoms. The first-order chi connectivity index (χ1) is 11.5. The highest BCUT2D eigenvalue weighted by Crippen LogP contribution is 2.34. The molecule has 2 saturated heterocycles. The van der Waals surface area contributed by atoms with Crippen molar-refractivity contribution in [2.24, 2.45) is 0 Å². The molecule has 130 valence electrons. The lowest BCUT2D eigenvalue weighted by Gasteiger charge is -2.36. The predicted molar refractivity (Wildman–Crippen MR) is 83.4 cm³/mol. The van der Waals surface area contributed by atoms with Gasteiger partial charge in [0.05, 0.1) is 7.11 Å². The maximum absolute atomic E-state index is 14.1. The summed E-state index contributed by atoms with van der Waals surface area (Å²) in [6.07, 6.45) is 3.10. The number of methoxy groups -OCH3 is 1. The second-order valence-corrected chi connectivity index (χ2v) is 6.29. The van der Waals surface area contributed by atoms with Gasteiger partial charge in [-0.3, -0.25) is 19.7 Å². The molecule has 3 rings (SSSR count). The summed E-state index contributed by atoms with van der Waals surface area (Å²) in [4.78, 5) is 38.0. The number of fused-ring (bicyclic) bond motifs is 1. The van der Waals surface area contributed by atoms with Gasteiger partial charge in [-0.25, -0.2) is 4.39 Å². The second-order valence-electron chi connectivity index (χ2n) is 6.29. The molecule has 24 heavy (non-hydrogen) atoms. The molecule has 6 nitrogen and oxygen atoms in total. The van der Waals surface area contributed by atoms with E-state index in [9.17, 15) is 18.8 Å². The van der Waals surface area contributed by atoms with Crippen molar-refractivity contribution in [1.29, 1.82) is 0 Å².